The Morgan fingerprint density at radius 2 is 2.00 bits per heavy atom. The number of hydrogen-bond donors (Lipinski definition) is 0. The lowest BCUT2D eigenvalue weighted by Crippen LogP contribution is -2.38. The Morgan fingerprint density at radius 3 is 2.65 bits per heavy atom. The lowest BCUT2D eigenvalue weighted by atomic mass is 10.0. The van der Waals surface area contributed by atoms with Gasteiger partial charge < -0.3 is 4.74 Å². The van der Waals surface area contributed by atoms with Crippen LogP contribution >= 0.6 is 11.6 Å². The van der Waals surface area contributed by atoms with Crippen LogP contribution in [0, 0.1) is 11.6 Å². The molecule has 2 rings (SSSR count). The summed E-state index contributed by atoms with van der Waals surface area (Å²) in [6.07, 6.45) is 0. The van der Waals surface area contributed by atoms with Gasteiger partial charge >= 0.3 is 0 Å². The fourth-order valence-corrected chi connectivity index (χ4v) is 1.83. The highest BCUT2D eigenvalue weighted by Gasteiger charge is 2.34. The summed E-state index contributed by atoms with van der Waals surface area (Å²) < 4.78 is 32.4. The van der Waals surface area contributed by atoms with E-state index in [2.05, 4.69) is 4.99 Å². The maximum Gasteiger partial charge on any atom is 0.201 e. The number of benzene rings is 1. The molecule has 1 atom stereocenters. The third kappa shape index (κ3) is 2.02. The average Bonchev–Trinajstić information content (AvgIpc) is 2.31. The van der Waals surface area contributed by atoms with E-state index < -0.39 is 17.2 Å². The fourth-order valence-electron chi connectivity index (χ4n) is 1.54. The quantitative estimate of drug-likeness (QED) is 0.699. The van der Waals surface area contributed by atoms with Crippen molar-refractivity contribution >= 4 is 16.8 Å². The van der Waals surface area contributed by atoms with Crippen molar-refractivity contribution in [1.82, 2.24) is 0 Å². The minimum absolute atomic E-state index is 0.136. The molecular formula is C12H12ClF2NO. The standard InChI is InChI=1S/C12H12ClF2NO/c1-6-12(2,3)17-10-7(11(13)16-6)4-5-8(14)9(10)15/h4-6H,1-3H3/t6-/m1/s1. The van der Waals surface area contributed by atoms with Gasteiger partial charge in [-0.3, -0.25) is 4.99 Å². The van der Waals surface area contributed by atoms with Gasteiger partial charge in [0, 0.05) is 0 Å². The van der Waals surface area contributed by atoms with Gasteiger partial charge in [-0.2, -0.15) is 4.39 Å². The van der Waals surface area contributed by atoms with E-state index in [0.29, 0.717) is 0 Å². The van der Waals surface area contributed by atoms with Crippen molar-refractivity contribution in [1.29, 1.82) is 0 Å². The van der Waals surface area contributed by atoms with Crippen LogP contribution < -0.4 is 4.74 Å². The van der Waals surface area contributed by atoms with Crippen molar-refractivity contribution in [2.75, 3.05) is 0 Å². The summed E-state index contributed by atoms with van der Waals surface area (Å²) in [5.74, 6) is -2.16. The molecule has 1 aromatic rings. The Hall–Kier alpha value is -1.16. The molecule has 17 heavy (non-hydrogen) atoms. The second kappa shape index (κ2) is 3.95. The molecule has 1 aromatic carbocycles. The largest absolute Gasteiger partial charge is 0.482 e. The molecule has 0 unspecified atom stereocenters. The topological polar surface area (TPSA) is 21.6 Å². The van der Waals surface area contributed by atoms with E-state index in [9.17, 15) is 8.78 Å². The molecule has 0 saturated heterocycles. The molecule has 0 radical (unpaired) electrons. The van der Waals surface area contributed by atoms with Crippen molar-refractivity contribution < 1.29 is 13.5 Å². The van der Waals surface area contributed by atoms with E-state index in [1.165, 1.54) is 6.07 Å². The predicted octanol–water partition coefficient (Wildman–Crippen LogP) is 3.51. The van der Waals surface area contributed by atoms with Crippen LogP contribution in [0.2, 0.25) is 0 Å². The Bertz CT molecular complexity index is 500. The van der Waals surface area contributed by atoms with Gasteiger partial charge in [0.1, 0.15) is 10.8 Å². The van der Waals surface area contributed by atoms with Crippen LogP contribution in [0.4, 0.5) is 8.78 Å². The minimum atomic E-state index is -1.03. The van der Waals surface area contributed by atoms with Crippen molar-refractivity contribution in [3.05, 3.63) is 29.3 Å². The van der Waals surface area contributed by atoms with E-state index in [1.807, 2.05) is 6.92 Å². The summed E-state index contributed by atoms with van der Waals surface area (Å²) >= 11 is 5.98. The predicted molar refractivity (Wildman–Crippen MR) is 62.9 cm³/mol. The van der Waals surface area contributed by atoms with Crippen LogP contribution in [-0.2, 0) is 0 Å². The van der Waals surface area contributed by atoms with E-state index in [-0.39, 0.29) is 22.5 Å². The van der Waals surface area contributed by atoms with Crippen LogP contribution in [0.15, 0.2) is 17.1 Å². The summed E-state index contributed by atoms with van der Waals surface area (Å²) in [4.78, 5) is 4.21. The molecular weight excluding hydrogens is 248 g/mol. The first kappa shape index (κ1) is 12.3. The first-order valence-corrected chi connectivity index (χ1v) is 5.61. The molecule has 0 bridgehead atoms. The highest BCUT2D eigenvalue weighted by molar-refractivity contribution is 6.70. The summed E-state index contributed by atoms with van der Waals surface area (Å²) in [5, 5.41) is 0.136. The van der Waals surface area contributed by atoms with Gasteiger partial charge in [-0.25, -0.2) is 4.39 Å². The van der Waals surface area contributed by atoms with Gasteiger partial charge in [0.05, 0.1) is 11.6 Å². The molecule has 0 aliphatic carbocycles. The number of fused-ring (bicyclic) bond motifs is 1. The molecule has 0 saturated carbocycles. The Balaban J connectivity index is 2.66. The molecule has 0 fully saturated rings. The highest BCUT2D eigenvalue weighted by Crippen LogP contribution is 2.34. The Morgan fingerprint density at radius 1 is 1.35 bits per heavy atom. The normalized spacial score (nSPS) is 22.2. The number of nitrogens with zero attached hydrogens (tertiary/aromatic N) is 1. The summed E-state index contributed by atoms with van der Waals surface area (Å²) in [7, 11) is 0. The zero-order chi connectivity index (χ0) is 12.8. The molecule has 2 nitrogen and oxygen atoms in total. The van der Waals surface area contributed by atoms with Crippen LogP contribution in [0.25, 0.3) is 0 Å². The van der Waals surface area contributed by atoms with Crippen LogP contribution in [0.1, 0.15) is 26.3 Å². The molecule has 1 heterocycles. The van der Waals surface area contributed by atoms with E-state index in [0.717, 1.165) is 6.07 Å². The van der Waals surface area contributed by atoms with Gasteiger partial charge in [0.25, 0.3) is 0 Å². The smallest absolute Gasteiger partial charge is 0.201 e. The zero-order valence-electron chi connectivity index (χ0n) is 9.72. The second-order valence-corrected chi connectivity index (χ2v) is 4.90. The van der Waals surface area contributed by atoms with Crippen LogP contribution in [0.5, 0.6) is 5.75 Å². The third-order valence-electron chi connectivity index (χ3n) is 2.95. The molecule has 1 aliphatic heterocycles. The fraction of sp³-hybridized carbons (Fsp3) is 0.417. The van der Waals surface area contributed by atoms with Gasteiger partial charge in [0.2, 0.25) is 5.82 Å². The first-order chi connectivity index (χ1) is 7.83. The SMILES string of the molecule is C[C@H]1N=C(Cl)c2ccc(F)c(F)c2OC1(C)C. The molecule has 0 N–H and O–H groups in total. The number of rotatable bonds is 0. The van der Waals surface area contributed by atoms with Gasteiger partial charge in [-0.1, -0.05) is 11.6 Å². The number of hydrogen-bond acceptors (Lipinski definition) is 2. The van der Waals surface area contributed by atoms with E-state index in [4.69, 9.17) is 16.3 Å². The molecule has 1 aliphatic rings. The van der Waals surface area contributed by atoms with Crippen LogP contribution in [0.3, 0.4) is 0 Å². The van der Waals surface area contributed by atoms with Crippen molar-refractivity contribution in [2.24, 2.45) is 4.99 Å². The van der Waals surface area contributed by atoms with E-state index in [1.54, 1.807) is 13.8 Å². The third-order valence-corrected chi connectivity index (χ3v) is 3.25. The average molecular weight is 260 g/mol. The molecule has 5 heteroatoms. The number of aliphatic imine (C=N–C) groups is 1. The minimum Gasteiger partial charge on any atom is -0.482 e. The van der Waals surface area contributed by atoms with E-state index >= 15 is 0 Å². The first-order valence-electron chi connectivity index (χ1n) is 5.23. The highest BCUT2D eigenvalue weighted by atomic mass is 35.5. The molecule has 0 amide bonds. The lowest BCUT2D eigenvalue weighted by molar-refractivity contribution is 0.0831. The lowest BCUT2D eigenvalue weighted by Gasteiger charge is -2.28. The maximum atomic E-state index is 13.7. The van der Waals surface area contributed by atoms with Crippen molar-refractivity contribution in [3.63, 3.8) is 0 Å². The Labute approximate surface area is 103 Å². The Kier molecular flexibility index (Phi) is 2.86. The number of ether oxygens (including phenoxy) is 1. The summed E-state index contributed by atoms with van der Waals surface area (Å²) in [6.45, 7) is 5.32. The van der Waals surface area contributed by atoms with Gasteiger partial charge in [-0.15, -0.1) is 0 Å². The van der Waals surface area contributed by atoms with Gasteiger partial charge in [-0.05, 0) is 32.9 Å². The van der Waals surface area contributed by atoms with Crippen LogP contribution in [-0.4, -0.2) is 16.8 Å². The van der Waals surface area contributed by atoms with Crippen molar-refractivity contribution in [3.8, 4) is 5.75 Å². The number of halogens is 3. The molecule has 0 spiro atoms. The molecule has 92 valence electrons. The molecule has 0 aromatic heterocycles. The summed E-state index contributed by atoms with van der Waals surface area (Å²) in [5.41, 5.74) is -0.469. The second-order valence-electron chi connectivity index (χ2n) is 4.54. The zero-order valence-corrected chi connectivity index (χ0v) is 10.5. The van der Waals surface area contributed by atoms with Gasteiger partial charge in [0.15, 0.2) is 11.6 Å². The maximum absolute atomic E-state index is 13.7. The summed E-state index contributed by atoms with van der Waals surface area (Å²) in [6, 6.07) is 2.12. The monoisotopic (exact) mass is 259 g/mol. The van der Waals surface area contributed by atoms with Crippen molar-refractivity contribution in [2.45, 2.75) is 32.4 Å².